The lowest BCUT2D eigenvalue weighted by Crippen LogP contribution is -2.10. The van der Waals surface area contributed by atoms with Gasteiger partial charge >= 0.3 is 0 Å². The Balaban J connectivity index is 1.96. The molecular weight excluding hydrogens is 496 g/mol. The average Bonchev–Trinajstić information content (AvgIpc) is 2.76. The Morgan fingerprint density at radius 2 is 1.66 bits per heavy atom. The fourth-order valence-corrected chi connectivity index (χ4v) is 4.34. The second-order valence-corrected chi connectivity index (χ2v) is 9.82. The molecular formula is C21H22N6O6S2. The topological polar surface area (TPSA) is 197 Å². The van der Waals surface area contributed by atoms with Crippen LogP contribution in [-0.2, 0) is 20.2 Å². The number of aromatic nitrogens is 3. The van der Waals surface area contributed by atoms with E-state index >= 15 is 0 Å². The standard InChI is InChI=1S/C21H22N6O6S2/c1-3-15(9-10-16(12-22)34(28,29)30)25-20-23-13(2)24-21(27-20)26-18-11-8-14-6-4-5-7-17(14)19(18)35(31,32)33/h3-12H,22H2,1-2H3,(H,28,29,30)(H,31,32,33)(H2,23,24,25,26,27)/b10-9-,15-3+,16-12-. The number of fused-ring (bicyclic) bond motifs is 1. The third-order valence-corrected chi connectivity index (χ3v) is 6.41. The van der Waals surface area contributed by atoms with Crippen molar-refractivity contribution >= 4 is 48.6 Å². The SMILES string of the molecule is C\C=C(/C=C\C(=C\N)S(=O)(=O)O)Nc1nc(C)nc(Nc2ccc3ccccc3c2S(=O)(=O)O)n1. The van der Waals surface area contributed by atoms with Crippen molar-refractivity contribution in [2.75, 3.05) is 10.6 Å². The van der Waals surface area contributed by atoms with Crippen LogP contribution in [0.25, 0.3) is 10.8 Å². The molecule has 0 amide bonds. The van der Waals surface area contributed by atoms with E-state index in [-0.39, 0.29) is 28.3 Å². The first-order chi connectivity index (χ1) is 16.4. The van der Waals surface area contributed by atoms with E-state index in [1.165, 1.54) is 12.1 Å². The maximum absolute atomic E-state index is 12.2. The largest absolute Gasteiger partial charge is 0.403 e. The minimum absolute atomic E-state index is 0.0138. The molecule has 0 radical (unpaired) electrons. The molecule has 0 spiro atoms. The number of nitrogens with zero attached hydrogens (tertiary/aromatic N) is 3. The molecule has 35 heavy (non-hydrogen) atoms. The number of hydrogen-bond acceptors (Lipinski definition) is 10. The highest BCUT2D eigenvalue weighted by atomic mass is 32.2. The van der Waals surface area contributed by atoms with Gasteiger partial charge in [0.25, 0.3) is 20.2 Å². The first-order valence-corrected chi connectivity index (χ1v) is 12.8. The summed E-state index contributed by atoms with van der Waals surface area (Å²) in [7, 11) is -9.10. The lowest BCUT2D eigenvalue weighted by Gasteiger charge is -2.13. The van der Waals surface area contributed by atoms with Crippen LogP contribution in [0.4, 0.5) is 17.6 Å². The number of rotatable bonds is 8. The third kappa shape index (κ3) is 6.39. The summed E-state index contributed by atoms with van der Waals surface area (Å²) in [5, 5.41) is 6.59. The molecule has 184 valence electrons. The van der Waals surface area contributed by atoms with Gasteiger partial charge in [-0.1, -0.05) is 36.4 Å². The van der Waals surface area contributed by atoms with Crippen LogP contribution in [0.3, 0.4) is 0 Å². The summed E-state index contributed by atoms with van der Waals surface area (Å²) in [5.74, 6) is 0.316. The van der Waals surface area contributed by atoms with Crippen molar-refractivity contribution in [2.24, 2.45) is 5.73 Å². The van der Waals surface area contributed by atoms with Gasteiger partial charge < -0.3 is 16.4 Å². The molecule has 2 aromatic carbocycles. The van der Waals surface area contributed by atoms with Crippen molar-refractivity contribution in [1.82, 2.24) is 15.0 Å². The highest BCUT2D eigenvalue weighted by Crippen LogP contribution is 2.31. The summed E-state index contributed by atoms with van der Waals surface area (Å²) in [6.45, 7) is 3.24. The second kappa shape index (κ2) is 10.2. The Labute approximate surface area is 201 Å². The predicted octanol–water partition coefficient (Wildman–Crippen LogP) is 2.88. The minimum atomic E-state index is -4.61. The van der Waals surface area contributed by atoms with Crippen molar-refractivity contribution in [2.45, 2.75) is 18.7 Å². The van der Waals surface area contributed by atoms with Gasteiger partial charge in [0.15, 0.2) is 0 Å². The molecule has 14 heteroatoms. The van der Waals surface area contributed by atoms with Crippen LogP contribution in [0.2, 0.25) is 0 Å². The normalized spacial score (nSPS) is 13.4. The molecule has 0 saturated heterocycles. The highest BCUT2D eigenvalue weighted by Gasteiger charge is 2.20. The second-order valence-electron chi connectivity index (χ2n) is 7.04. The van der Waals surface area contributed by atoms with Crippen molar-refractivity contribution < 1.29 is 25.9 Å². The number of allylic oxidation sites excluding steroid dienone is 3. The molecule has 3 rings (SSSR count). The Bertz CT molecular complexity index is 1580. The Morgan fingerprint density at radius 3 is 2.29 bits per heavy atom. The molecule has 0 fully saturated rings. The summed E-state index contributed by atoms with van der Waals surface area (Å²) in [5.41, 5.74) is 5.65. The summed E-state index contributed by atoms with van der Waals surface area (Å²) >= 11 is 0. The maximum atomic E-state index is 12.2. The minimum Gasteiger partial charge on any atom is -0.403 e. The van der Waals surface area contributed by atoms with Gasteiger partial charge in [0.05, 0.1) is 5.69 Å². The van der Waals surface area contributed by atoms with Crippen LogP contribution in [0.1, 0.15) is 12.7 Å². The maximum Gasteiger partial charge on any atom is 0.297 e. The highest BCUT2D eigenvalue weighted by molar-refractivity contribution is 7.90. The van der Waals surface area contributed by atoms with E-state index in [1.807, 2.05) is 0 Å². The van der Waals surface area contributed by atoms with Gasteiger partial charge in [-0.25, -0.2) is 0 Å². The zero-order valence-electron chi connectivity index (χ0n) is 18.5. The average molecular weight is 519 g/mol. The molecule has 0 bridgehead atoms. The van der Waals surface area contributed by atoms with Crippen LogP contribution in [0.5, 0.6) is 0 Å². The van der Waals surface area contributed by atoms with Crippen LogP contribution < -0.4 is 16.4 Å². The van der Waals surface area contributed by atoms with E-state index in [1.54, 1.807) is 50.3 Å². The van der Waals surface area contributed by atoms with Crippen LogP contribution >= 0.6 is 0 Å². The zero-order valence-corrected chi connectivity index (χ0v) is 20.2. The van der Waals surface area contributed by atoms with Crippen molar-refractivity contribution in [1.29, 1.82) is 0 Å². The van der Waals surface area contributed by atoms with E-state index in [0.717, 1.165) is 12.3 Å². The van der Waals surface area contributed by atoms with Gasteiger partial charge in [0.1, 0.15) is 15.6 Å². The van der Waals surface area contributed by atoms with E-state index in [4.69, 9.17) is 10.3 Å². The molecule has 0 unspecified atom stereocenters. The summed E-state index contributed by atoms with van der Waals surface area (Å²) in [6, 6.07) is 9.83. The predicted molar refractivity (Wildman–Crippen MR) is 132 cm³/mol. The number of nitrogens with one attached hydrogen (secondary N) is 2. The van der Waals surface area contributed by atoms with Crippen molar-refractivity contribution in [3.8, 4) is 0 Å². The van der Waals surface area contributed by atoms with Crippen molar-refractivity contribution in [3.63, 3.8) is 0 Å². The molecule has 3 aromatic rings. The van der Waals surface area contributed by atoms with E-state index in [0.29, 0.717) is 16.5 Å². The number of aryl methyl sites for hydroxylation is 1. The molecule has 0 atom stereocenters. The van der Waals surface area contributed by atoms with Gasteiger partial charge in [-0.2, -0.15) is 31.8 Å². The van der Waals surface area contributed by atoms with E-state index < -0.39 is 25.1 Å². The molecule has 0 saturated carbocycles. The van der Waals surface area contributed by atoms with E-state index in [2.05, 4.69) is 25.6 Å². The fraction of sp³-hybridized carbons (Fsp3) is 0.0952. The summed E-state index contributed by atoms with van der Waals surface area (Å²) < 4.78 is 65.9. The Hall–Kier alpha value is -3.85. The first kappa shape index (κ1) is 25.8. The van der Waals surface area contributed by atoms with Gasteiger partial charge in [-0.05, 0) is 37.5 Å². The fourth-order valence-electron chi connectivity index (χ4n) is 3.07. The molecule has 1 heterocycles. The Kier molecular flexibility index (Phi) is 7.50. The molecule has 0 aliphatic heterocycles. The zero-order chi connectivity index (χ0) is 25.8. The monoisotopic (exact) mass is 518 g/mol. The van der Waals surface area contributed by atoms with Crippen LogP contribution in [0.15, 0.2) is 76.3 Å². The van der Waals surface area contributed by atoms with E-state index in [9.17, 15) is 21.4 Å². The van der Waals surface area contributed by atoms with Gasteiger partial charge in [-0.15, -0.1) is 0 Å². The van der Waals surface area contributed by atoms with Gasteiger partial charge in [0, 0.05) is 17.3 Å². The molecule has 6 N–H and O–H groups in total. The third-order valence-electron chi connectivity index (χ3n) is 4.59. The smallest absolute Gasteiger partial charge is 0.297 e. The number of benzene rings is 2. The summed E-state index contributed by atoms with van der Waals surface area (Å²) in [6.07, 6.45) is 4.74. The number of anilines is 3. The van der Waals surface area contributed by atoms with Gasteiger partial charge in [-0.3, -0.25) is 9.11 Å². The first-order valence-electron chi connectivity index (χ1n) is 9.92. The number of hydrogen-bond donors (Lipinski definition) is 5. The van der Waals surface area contributed by atoms with Gasteiger partial charge in [0.2, 0.25) is 11.9 Å². The molecule has 1 aromatic heterocycles. The summed E-state index contributed by atoms with van der Waals surface area (Å²) in [4.78, 5) is 11.7. The lowest BCUT2D eigenvalue weighted by atomic mass is 10.1. The number of nitrogens with two attached hydrogens (primary N) is 1. The molecule has 12 nitrogen and oxygen atoms in total. The quantitative estimate of drug-likeness (QED) is 0.216. The molecule has 0 aliphatic carbocycles. The Morgan fingerprint density at radius 1 is 0.971 bits per heavy atom. The van der Waals surface area contributed by atoms with Crippen LogP contribution in [0, 0.1) is 6.92 Å². The van der Waals surface area contributed by atoms with Crippen molar-refractivity contribution in [3.05, 3.63) is 77.3 Å². The lowest BCUT2D eigenvalue weighted by molar-refractivity contribution is 0.484. The van der Waals surface area contributed by atoms with Crippen LogP contribution in [-0.4, -0.2) is 40.9 Å². The molecule has 0 aliphatic rings.